The van der Waals surface area contributed by atoms with Crippen molar-refractivity contribution in [2.24, 2.45) is 0 Å². The maximum Gasteiger partial charge on any atom is 0.238 e. The van der Waals surface area contributed by atoms with Gasteiger partial charge < -0.3 is 10.5 Å². The van der Waals surface area contributed by atoms with E-state index in [4.69, 9.17) is 10.5 Å². The Hall–Kier alpha value is -2.04. The van der Waals surface area contributed by atoms with E-state index < -0.39 is 0 Å². The number of hydrogen-bond acceptors (Lipinski definition) is 4. The van der Waals surface area contributed by atoms with E-state index in [1.165, 1.54) is 24.2 Å². The second kappa shape index (κ2) is 4.33. The fourth-order valence-corrected chi connectivity index (χ4v) is 2.41. The molecular weight excluding hydrogens is 228 g/mol. The number of anilines is 1. The SMILES string of the molecule is COc1nc(-n2cnc3c2CCCC3)ccc1N. The van der Waals surface area contributed by atoms with Crippen molar-refractivity contribution in [3.63, 3.8) is 0 Å². The maximum absolute atomic E-state index is 5.78. The Balaban J connectivity index is 2.07. The molecule has 1 aliphatic rings. The van der Waals surface area contributed by atoms with Gasteiger partial charge in [0, 0.05) is 5.69 Å². The number of nitrogens with zero attached hydrogens (tertiary/aromatic N) is 3. The number of hydrogen-bond donors (Lipinski definition) is 1. The third-order valence-electron chi connectivity index (χ3n) is 3.35. The molecule has 94 valence electrons. The third-order valence-corrected chi connectivity index (χ3v) is 3.35. The molecule has 0 saturated heterocycles. The first kappa shape index (κ1) is 11.1. The van der Waals surface area contributed by atoms with E-state index >= 15 is 0 Å². The minimum absolute atomic E-state index is 0.464. The summed E-state index contributed by atoms with van der Waals surface area (Å²) in [4.78, 5) is 8.88. The van der Waals surface area contributed by atoms with Crippen LogP contribution >= 0.6 is 0 Å². The molecule has 2 N–H and O–H groups in total. The van der Waals surface area contributed by atoms with Crippen LogP contribution in [0.5, 0.6) is 5.88 Å². The molecule has 0 radical (unpaired) electrons. The Morgan fingerprint density at radius 1 is 1.28 bits per heavy atom. The molecule has 5 nitrogen and oxygen atoms in total. The molecule has 5 heteroatoms. The Morgan fingerprint density at radius 2 is 2.11 bits per heavy atom. The van der Waals surface area contributed by atoms with E-state index in [1.54, 1.807) is 7.11 Å². The first-order valence-electron chi connectivity index (χ1n) is 6.15. The molecule has 0 unspecified atom stereocenters. The van der Waals surface area contributed by atoms with E-state index in [-0.39, 0.29) is 0 Å². The van der Waals surface area contributed by atoms with Crippen molar-refractivity contribution in [1.29, 1.82) is 0 Å². The van der Waals surface area contributed by atoms with E-state index in [0.29, 0.717) is 11.6 Å². The van der Waals surface area contributed by atoms with Crippen LogP contribution in [0.3, 0.4) is 0 Å². The van der Waals surface area contributed by atoms with Gasteiger partial charge in [-0.25, -0.2) is 4.98 Å². The molecular formula is C13H16N4O. The third kappa shape index (κ3) is 1.72. The highest BCUT2D eigenvalue weighted by molar-refractivity contribution is 5.51. The van der Waals surface area contributed by atoms with Gasteiger partial charge in [0.1, 0.15) is 12.1 Å². The zero-order chi connectivity index (χ0) is 12.5. The lowest BCUT2D eigenvalue weighted by molar-refractivity contribution is 0.399. The normalized spacial score (nSPS) is 14.3. The van der Waals surface area contributed by atoms with Gasteiger partial charge in [-0.1, -0.05) is 0 Å². The lowest BCUT2D eigenvalue weighted by atomic mass is 10.0. The van der Waals surface area contributed by atoms with Crippen molar-refractivity contribution >= 4 is 5.69 Å². The molecule has 0 saturated carbocycles. The van der Waals surface area contributed by atoms with Crippen LogP contribution in [0.15, 0.2) is 18.5 Å². The van der Waals surface area contributed by atoms with Crippen molar-refractivity contribution in [3.8, 4) is 11.7 Å². The topological polar surface area (TPSA) is 66.0 Å². The van der Waals surface area contributed by atoms with Crippen LogP contribution in [0.4, 0.5) is 5.69 Å². The predicted octanol–water partition coefficient (Wildman–Crippen LogP) is 1.74. The monoisotopic (exact) mass is 244 g/mol. The lowest BCUT2D eigenvalue weighted by Gasteiger charge is -2.14. The molecule has 0 bridgehead atoms. The lowest BCUT2D eigenvalue weighted by Crippen LogP contribution is -2.08. The van der Waals surface area contributed by atoms with E-state index in [0.717, 1.165) is 18.7 Å². The van der Waals surface area contributed by atoms with Gasteiger partial charge in [-0.05, 0) is 37.8 Å². The summed E-state index contributed by atoms with van der Waals surface area (Å²) in [6.07, 6.45) is 6.40. The molecule has 0 atom stereocenters. The highest BCUT2D eigenvalue weighted by Crippen LogP contribution is 2.25. The number of rotatable bonds is 2. The summed E-state index contributed by atoms with van der Waals surface area (Å²) < 4.78 is 7.20. The smallest absolute Gasteiger partial charge is 0.238 e. The van der Waals surface area contributed by atoms with Gasteiger partial charge in [-0.3, -0.25) is 4.57 Å². The Bertz CT molecular complexity index is 576. The summed E-state index contributed by atoms with van der Waals surface area (Å²) in [6.45, 7) is 0. The van der Waals surface area contributed by atoms with Crippen LogP contribution < -0.4 is 10.5 Å². The van der Waals surface area contributed by atoms with Crippen LogP contribution in [-0.2, 0) is 12.8 Å². The summed E-state index contributed by atoms with van der Waals surface area (Å²) >= 11 is 0. The number of nitrogen functional groups attached to an aromatic ring is 1. The number of aryl methyl sites for hydroxylation is 1. The molecule has 2 heterocycles. The fraction of sp³-hybridized carbons (Fsp3) is 0.385. The standard InChI is InChI=1S/C13H16N4O/c1-18-13-9(14)6-7-12(16-13)17-8-15-10-4-2-3-5-11(10)17/h6-8H,2-5,14H2,1H3. The average Bonchev–Trinajstić information content (AvgIpc) is 2.83. The van der Waals surface area contributed by atoms with Crippen LogP contribution in [-0.4, -0.2) is 21.6 Å². The van der Waals surface area contributed by atoms with Gasteiger partial charge in [-0.15, -0.1) is 0 Å². The molecule has 0 aromatic carbocycles. The summed E-state index contributed by atoms with van der Waals surface area (Å²) in [6, 6.07) is 3.71. The zero-order valence-corrected chi connectivity index (χ0v) is 10.4. The Kier molecular flexibility index (Phi) is 2.66. The van der Waals surface area contributed by atoms with Crippen molar-refractivity contribution in [3.05, 3.63) is 29.8 Å². The molecule has 3 rings (SSSR count). The van der Waals surface area contributed by atoms with Gasteiger partial charge in [0.05, 0.1) is 18.5 Å². The number of aromatic nitrogens is 3. The fourth-order valence-electron chi connectivity index (χ4n) is 2.41. The highest BCUT2D eigenvalue weighted by atomic mass is 16.5. The van der Waals surface area contributed by atoms with E-state index in [1.807, 2.05) is 23.0 Å². The molecule has 0 amide bonds. The van der Waals surface area contributed by atoms with E-state index in [9.17, 15) is 0 Å². The Labute approximate surface area is 106 Å². The van der Waals surface area contributed by atoms with Gasteiger partial charge >= 0.3 is 0 Å². The summed E-state index contributed by atoms with van der Waals surface area (Å²) in [5.41, 5.74) is 8.79. The maximum atomic E-state index is 5.78. The summed E-state index contributed by atoms with van der Waals surface area (Å²) in [5, 5.41) is 0. The van der Waals surface area contributed by atoms with Crippen molar-refractivity contribution < 1.29 is 4.74 Å². The molecule has 0 fully saturated rings. The number of methoxy groups -OCH3 is 1. The molecule has 0 spiro atoms. The number of fused-ring (bicyclic) bond motifs is 1. The van der Waals surface area contributed by atoms with Crippen LogP contribution in [0.2, 0.25) is 0 Å². The number of nitrogens with two attached hydrogens (primary N) is 1. The molecule has 18 heavy (non-hydrogen) atoms. The van der Waals surface area contributed by atoms with Crippen LogP contribution in [0.25, 0.3) is 5.82 Å². The van der Waals surface area contributed by atoms with Gasteiger partial charge in [0.2, 0.25) is 5.88 Å². The van der Waals surface area contributed by atoms with Crippen LogP contribution in [0.1, 0.15) is 24.2 Å². The molecule has 2 aromatic heterocycles. The van der Waals surface area contributed by atoms with E-state index in [2.05, 4.69) is 9.97 Å². The van der Waals surface area contributed by atoms with Gasteiger partial charge in [0.25, 0.3) is 0 Å². The largest absolute Gasteiger partial charge is 0.479 e. The van der Waals surface area contributed by atoms with Gasteiger partial charge in [-0.2, -0.15) is 4.98 Å². The quantitative estimate of drug-likeness (QED) is 0.873. The Morgan fingerprint density at radius 3 is 2.94 bits per heavy atom. The second-order valence-corrected chi connectivity index (χ2v) is 4.48. The summed E-state index contributed by atoms with van der Waals surface area (Å²) in [7, 11) is 1.58. The number of ether oxygens (including phenoxy) is 1. The minimum Gasteiger partial charge on any atom is -0.479 e. The molecule has 2 aromatic rings. The number of imidazole rings is 1. The average molecular weight is 244 g/mol. The molecule has 0 aliphatic heterocycles. The van der Waals surface area contributed by atoms with Crippen molar-refractivity contribution in [2.45, 2.75) is 25.7 Å². The highest BCUT2D eigenvalue weighted by Gasteiger charge is 2.17. The second-order valence-electron chi connectivity index (χ2n) is 4.48. The first-order valence-corrected chi connectivity index (χ1v) is 6.15. The van der Waals surface area contributed by atoms with Crippen molar-refractivity contribution in [2.75, 3.05) is 12.8 Å². The minimum atomic E-state index is 0.464. The van der Waals surface area contributed by atoms with Gasteiger partial charge in [0.15, 0.2) is 0 Å². The first-order chi connectivity index (χ1) is 8.79. The zero-order valence-electron chi connectivity index (χ0n) is 10.4. The molecule has 1 aliphatic carbocycles. The number of pyridine rings is 1. The summed E-state index contributed by atoms with van der Waals surface area (Å²) in [5.74, 6) is 1.28. The predicted molar refractivity (Wildman–Crippen MR) is 69.0 cm³/mol. The van der Waals surface area contributed by atoms with Crippen molar-refractivity contribution in [1.82, 2.24) is 14.5 Å². The van der Waals surface area contributed by atoms with Crippen LogP contribution in [0, 0.1) is 0 Å².